The zero-order valence-electron chi connectivity index (χ0n) is 18.9. The van der Waals surface area contributed by atoms with E-state index >= 15 is 0 Å². The summed E-state index contributed by atoms with van der Waals surface area (Å²) in [6.45, 7) is 5.68. The average molecular weight is 431 g/mol. The van der Waals surface area contributed by atoms with E-state index in [0.717, 1.165) is 54.4 Å². The van der Waals surface area contributed by atoms with E-state index in [9.17, 15) is 4.79 Å². The Balaban J connectivity index is 1.36. The largest absolute Gasteiger partial charge is 0.497 e. The molecule has 1 aliphatic heterocycles. The van der Waals surface area contributed by atoms with Gasteiger partial charge in [0, 0.05) is 30.8 Å². The number of hydrogen-bond acceptors (Lipinski definition) is 5. The number of carbonyl (C=O) groups is 1. The average Bonchev–Trinajstić information content (AvgIpc) is 2.84. The van der Waals surface area contributed by atoms with Crippen molar-refractivity contribution in [1.82, 2.24) is 15.3 Å². The van der Waals surface area contributed by atoms with E-state index in [4.69, 9.17) is 9.72 Å². The van der Waals surface area contributed by atoms with Gasteiger partial charge in [-0.15, -0.1) is 0 Å². The number of methoxy groups -OCH3 is 1. The minimum atomic E-state index is -0.0608. The van der Waals surface area contributed by atoms with Crippen LogP contribution in [0.4, 0.5) is 5.82 Å². The molecule has 2 aromatic carbocycles. The second-order valence-electron chi connectivity index (χ2n) is 8.38. The van der Waals surface area contributed by atoms with Crippen molar-refractivity contribution in [3.05, 3.63) is 71.9 Å². The molecule has 1 aromatic heterocycles. The summed E-state index contributed by atoms with van der Waals surface area (Å²) in [7, 11) is 1.65. The van der Waals surface area contributed by atoms with E-state index in [2.05, 4.69) is 34.3 Å². The molecule has 0 unspecified atom stereocenters. The Bertz CT molecular complexity index is 1080. The molecule has 0 radical (unpaired) electrons. The first-order valence-electron chi connectivity index (χ1n) is 11.1. The van der Waals surface area contributed by atoms with Gasteiger partial charge in [0.1, 0.15) is 11.6 Å². The molecule has 1 N–H and O–H groups in total. The second kappa shape index (κ2) is 9.81. The van der Waals surface area contributed by atoms with E-state index in [1.165, 1.54) is 5.56 Å². The molecule has 1 fully saturated rings. The maximum Gasteiger partial charge on any atom is 0.223 e. The molecule has 6 nitrogen and oxygen atoms in total. The fourth-order valence-corrected chi connectivity index (χ4v) is 4.14. The van der Waals surface area contributed by atoms with Gasteiger partial charge in [-0.25, -0.2) is 9.97 Å². The van der Waals surface area contributed by atoms with Crippen LogP contribution in [0.1, 0.15) is 36.9 Å². The second-order valence-corrected chi connectivity index (χ2v) is 8.38. The van der Waals surface area contributed by atoms with E-state index < -0.39 is 0 Å². The number of aryl methyl sites for hydroxylation is 1. The van der Waals surface area contributed by atoms with Gasteiger partial charge in [-0.2, -0.15) is 0 Å². The lowest BCUT2D eigenvalue weighted by atomic mass is 9.95. The van der Waals surface area contributed by atoms with Crippen LogP contribution in [0.2, 0.25) is 0 Å². The zero-order chi connectivity index (χ0) is 22.5. The molecule has 166 valence electrons. The van der Waals surface area contributed by atoms with E-state index in [0.29, 0.717) is 0 Å². The molecule has 2 heterocycles. The van der Waals surface area contributed by atoms with Crippen molar-refractivity contribution in [2.24, 2.45) is 5.92 Å². The van der Waals surface area contributed by atoms with Gasteiger partial charge in [0.15, 0.2) is 5.82 Å². The zero-order valence-corrected chi connectivity index (χ0v) is 18.9. The molecule has 3 aromatic rings. The van der Waals surface area contributed by atoms with Crippen molar-refractivity contribution in [2.45, 2.75) is 32.7 Å². The highest BCUT2D eigenvalue weighted by atomic mass is 16.5. The third kappa shape index (κ3) is 5.07. The number of hydrogen-bond donors (Lipinski definition) is 1. The quantitative estimate of drug-likeness (QED) is 0.621. The minimum absolute atomic E-state index is 0.0115. The molecule has 32 heavy (non-hydrogen) atoms. The molecule has 1 atom stereocenters. The van der Waals surface area contributed by atoms with E-state index in [1.807, 2.05) is 55.6 Å². The van der Waals surface area contributed by atoms with Gasteiger partial charge in [0.05, 0.1) is 13.2 Å². The van der Waals surface area contributed by atoms with E-state index in [1.54, 1.807) is 7.11 Å². The van der Waals surface area contributed by atoms with Gasteiger partial charge >= 0.3 is 0 Å². The highest BCUT2D eigenvalue weighted by molar-refractivity contribution is 5.79. The normalized spacial score (nSPS) is 15.3. The Labute approximate surface area is 189 Å². The SMILES string of the molecule is COc1cccc([C@@H](C)NC(=O)C2CCN(c3ccnc(-c4cccc(C)c4)n3)CC2)c1. The number of anilines is 1. The number of aromatic nitrogens is 2. The lowest BCUT2D eigenvalue weighted by Crippen LogP contribution is -2.41. The number of piperidine rings is 1. The van der Waals surface area contributed by atoms with Crippen molar-refractivity contribution in [3.8, 4) is 17.1 Å². The predicted molar refractivity (Wildman–Crippen MR) is 127 cm³/mol. The molecular formula is C26H30N4O2. The van der Waals surface area contributed by atoms with Crippen molar-refractivity contribution in [2.75, 3.05) is 25.1 Å². The van der Waals surface area contributed by atoms with Crippen LogP contribution in [-0.4, -0.2) is 36.1 Å². The first-order chi connectivity index (χ1) is 15.5. The van der Waals surface area contributed by atoms with Crippen molar-refractivity contribution < 1.29 is 9.53 Å². The number of benzene rings is 2. The third-order valence-corrected chi connectivity index (χ3v) is 6.06. The highest BCUT2D eigenvalue weighted by Gasteiger charge is 2.27. The minimum Gasteiger partial charge on any atom is -0.497 e. The molecule has 0 aliphatic carbocycles. The fourth-order valence-electron chi connectivity index (χ4n) is 4.14. The summed E-state index contributed by atoms with van der Waals surface area (Å²) in [4.78, 5) is 24.3. The Hall–Kier alpha value is -3.41. The number of amides is 1. The molecule has 1 saturated heterocycles. The molecule has 1 amide bonds. The van der Waals surface area contributed by atoms with Gasteiger partial charge < -0.3 is 15.0 Å². The smallest absolute Gasteiger partial charge is 0.223 e. The summed E-state index contributed by atoms with van der Waals surface area (Å²) in [6.07, 6.45) is 3.43. The van der Waals surface area contributed by atoms with Crippen molar-refractivity contribution >= 4 is 11.7 Å². The van der Waals surface area contributed by atoms with Gasteiger partial charge in [-0.05, 0) is 56.5 Å². The number of nitrogens with one attached hydrogen (secondary N) is 1. The molecule has 0 spiro atoms. The standard InChI is InChI=1S/C26H30N4O2/c1-18-6-4-8-22(16-18)25-27-13-10-24(29-25)30-14-11-20(12-15-30)26(31)28-19(2)21-7-5-9-23(17-21)32-3/h4-10,13,16-17,19-20H,11-12,14-15H2,1-3H3,(H,28,31)/t19-/m1/s1. The van der Waals surface area contributed by atoms with Crippen LogP contribution in [-0.2, 0) is 4.79 Å². The monoisotopic (exact) mass is 430 g/mol. The van der Waals surface area contributed by atoms with Crippen LogP contribution in [0.15, 0.2) is 60.8 Å². The van der Waals surface area contributed by atoms with Crippen LogP contribution >= 0.6 is 0 Å². The Morgan fingerprint density at radius 2 is 1.91 bits per heavy atom. The van der Waals surface area contributed by atoms with Crippen LogP contribution in [0.25, 0.3) is 11.4 Å². The lowest BCUT2D eigenvalue weighted by molar-refractivity contribution is -0.126. The van der Waals surface area contributed by atoms with Gasteiger partial charge in [-0.3, -0.25) is 4.79 Å². The Morgan fingerprint density at radius 3 is 2.66 bits per heavy atom. The first kappa shape index (κ1) is 21.8. The summed E-state index contributed by atoms with van der Waals surface area (Å²) < 4.78 is 5.29. The summed E-state index contributed by atoms with van der Waals surface area (Å²) in [5.41, 5.74) is 3.25. The number of nitrogens with zero attached hydrogens (tertiary/aromatic N) is 3. The topological polar surface area (TPSA) is 67.3 Å². The van der Waals surface area contributed by atoms with Gasteiger partial charge in [0.25, 0.3) is 0 Å². The Morgan fingerprint density at radius 1 is 1.12 bits per heavy atom. The van der Waals surface area contributed by atoms with Gasteiger partial charge in [-0.1, -0.05) is 35.9 Å². The number of ether oxygens (including phenoxy) is 1. The third-order valence-electron chi connectivity index (χ3n) is 6.06. The molecule has 0 saturated carbocycles. The molecule has 0 bridgehead atoms. The molecular weight excluding hydrogens is 400 g/mol. The van der Waals surface area contributed by atoms with Crippen LogP contribution in [0, 0.1) is 12.8 Å². The van der Waals surface area contributed by atoms with Crippen molar-refractivity contribution in [3.63, 3.8) is 0 Å². The summed E-state index contributed by atoms with van der Waals surface area (Å²) in [6, 6.07) is 17.9. The van der Waals surface area contributed by atoms with E-state index in [-0.39, 0.29) is 17.9 Å². The number of carbonyl (C=O) groups excluding carboxylic acids is 1. The molecule has 6 heteroatoms. The maximum atomic E-state index is 12.9. The molecule has 4 rings (SSSR count). The van der Waals surface area contributed by atoms with Gasteiger partial charge in [0.2, 0.25) is 5.91 Å². The number of rotatable bonds is 6. The summed E-state index contributed by atoms with van der Waals surface area (Å²) in [5, 5.41) is 3.17. The Kier molecular flexibility index (Phi) is 6.69. The summed E-state index contributed by atoms with van der Waals surface area (Å²) in [5.74, 6) is 2.57. The lowest BCUT2D eigenvalue weighted by Gasteiger charge is -2.32. The predicted octanol–water partition coefficient (Wildman–Crippen LogP) is 4.55. The maximum absolute atomic E-state index is 12.9. The van der Waals surface area contributed by atoms with Crippen LogP contribution < -0.4 is 15.0 Å². The van der Waals surface area contributed by atoms with Crippen molar-refractivity contribution in [1.29, 1.82) is 0 Å². The fraction of sp³-hybridized carbons (Fsp3) is 0.346. The molecule has 1 aliphatic rings. The van der Waals surface area contributed by atoms with Crippen LogP contribution in [0.5, 0.6) is 5.75 Å². The summed E-state index contributed by atoms with van der Waals surface area (Å²) >= 11 is 0. The highest BCUT2D eigenvalue weighted by Crippen LogP contribution is 2.25. The van der Waals surface area contributed by atoms with Crippen LogP contribution in [0.3, 0.4) is 0 Å². The first-order valence-corrected chi connectivity index (χ1v) is 11.1.